The third-order valence-corrected chi connectivity index (χ3v) is 4.13. The van der Waals surface area contributed by atoms with Crippen molar-refractivity contribution >= 4 is 33.7 Å². The Hall–Kier alpha value is -3.59. The van der Waals surface area contributed by atoms with Crippen molar-refractivity contribution < 1.29 is 19.1 Å². The molecule has 5 N–H and O–H groups in total. The molecular weight excluding hydrogens is 428 g/mol. The molecule has 1 aromatic heterocycles. The van der Waals surface area contributed by atoms with Crippen LogP contribution in [0.4, 0.5) is 0 Å². The number of halogens is 1. The second kappa shape index (κ2) is 8.40. The van der Waals surface area contributed by atoms with Crippen LogP contribution in [0, 0.1) is 0 Å². The van der Waals surface area contributed by atoms with Gasteiger partial charge in [0.1, 0.15) is 17.2 Å². The molecule has 0 atom stereocenters. The molecule has 0 saturated heterocycles. The van der Waals surface area contributed by atoms with E-state index in [9.17, 15) is 14.4 Å². The van der Waals surface area contributed by atoms with E-state index in [-0.39, 0.29) is 0 Å². The molecule has 0 radical (unpaired) electrons. The zero-order valence-corrected chi connectivity index (χ0v) is 15.9. The van der Waals surface area contributed by atoms with Crippen molar-refractivity contribution in [1.82, 2.24) is 15.8 Å². The lowest BCUT2D eigenvalue weighted by Gasteiger charge is -2.08. The van der Waals surface area contributed by atoms with Gasteiger partial charge in [-0.15, -0.1) is 0 Å². The molecule has 2 aromatic carbocycles. The number of H-pyrrole nitrogens is 1. The summed E-state index contributed by atoms with van der Waals surface area (Å²) in [5.74, 6) is -0.442. The van der Waals surface area contributed by atoms with Gasteiger partial charge in [-0.1, -0.05) is 0 Å². The molecule has 142 valence electrons. The molecule has 3 aromatic rings. The van der Waals surface area contributed by atoms with E-state index in [0.29, 0.717) is 28.3 Å². The Labute approximate surface area is 168 Å². The number of nitrogens with two attached hydrogens (primary N) is 1. The van der Waals surface area contributed by atoms with Gasteiger partial charge in [0, 0.05) is 21.8 Å². The SMILES string of the molecule is NC(=O)c1ccc(Oc2ccc(C(=O)NNC(=O)c3cc(Br)c[nH]3)cc2)cc1. The highest BCUT2D eigenvalue weighted by molar-refractivity contribution is 9.10. The van der Waals surface area contributed by atoms with Gasteiger partial charge in [-0.2, -0.15) is 0 Å². The maximum absolute atomic E-state index is 12.1. The fourth-order valence-electron chi connectivity index (χ4n) is 2.25. The van der Waals surface area contributed by atoms with Crippen LogP contribution in [0.3, 0.4) is 0 Å². The van der Waals surface area contributed by atoms with E-state index in [1.807, 2.05) is 0 Å². The Morgan fingerprint density at radius 2 is 1.39 bits per heavy atom. The van der Waals surface area contributed by atoms with Crippen LogP contribution in [0.2, 0.25) is 0 Å². The molecule has 0 saturated carbocycles. The number of primary amides is 1. The van der Waals surface area contributed by atoms with Crippen LogP contribution in [0.25, 0.3) is 0 Å². The van der Waals surface area contributed by atoms with E-state index in [1.165, 1.54) is 0 Å². The average Bonchev–Trinajstić information content (AvgIpc) is 3.13. The summed E-state index contributed by atoms with van der Waals surface area (Å²) < 4.78 is 6.37. The molecule has 1 heterocycles. The first-order valence-electron chi connectivity index (χ1n) is 8.05. The molecule has 0 aliphatic carbocycles. The quantitative estimate of drug-likeness (QED) is 0.453. The number of rotatable bonds is 5. The minimum Gasteiger partial charge on any atom is -0.457 e. The summed E-state index contributed by atoms with van der Waals surface area (Å²) >= 11 is 3.23. The lowest BCUT2D eigenvalue weighted by molar-refractivity contribution is 0.0844. The van der Waals surface area contributed by atoms with E-state index >= 15 is 0 Å². The van der Waals surface area contributed by atoms with Gasteiger partial charge in [-0.3, -0.25) is 25.2 Å². The Kier molecular flexibility index (Phi) is 5.75. The van der Waals surface area contributed by atoms with Crippen LogP contribution in [-0.2, 0) is 0 Å². The van der Waals surface area contributed by atoms with E-state index in [4.69, 9.17) is 10.5 Å². The Morgan fingerprint density at radius 3 is 1.89 bits per heavy atom. The first-order chi connectivity index (χ1) is 13.4. The average molecular weight is 443 g/mol. The summed E-state index contributed by atoms with van der Waals surface area (Å²) in [6.07, 6.45) is 1.61. The summed E-state index contributed by atoms with van der Waals surface area (Å²) in [5, 5.41) is 0. The van der Waals surface area contributed by atoms with Crippen molar-refractivity contribution in [2.75, 3.05) is 0 Å². The van der Waals surface area contributed by atoms with Crippen molar-refractivity contribution in [3.8, 4) is 11.5 Å². The lowest BCUT2D eigenvalue weighted by Crippen LogP contribution is -2.41. The number of amides is 3. The zero-order chi connectivity index (χ0) is 20.1. The Balaban J connectivity index is 1.56. The fraction of sp³-hybridized carbons (Fsp3) is 0. The first-order valence-corrected chi connectivity index (χ1v) is 8.84. The molecule has 3 amide bonds. The molecule has 0 aliphatic heterocycles. The number of carbonyl (C=O) groups excluding carboxylic acids is 3. The predicted octanol–water partition coefficient (Wildman–Crippen LogP) is 2.74. The standard InChI is InChI=1S/C19H15BrN4O4/c20-13-9-16(22-10-13)19(27)24-23-18(26)12-3-7-15(8-4-12)28-14-5-1-11(2-6-14)17(21)25/h1-10,22H,(H2,21,25)(H,23,26)(H,24,27). The molecule has 3 rings (SSSR count). The van der Waals surface area contributed by atoms with Gasteiger partial charge in [0.25, 0.3) is 11.8 Å². The summed E-state index contributed by atoms with van der Waals surface area (Å²) in [4.78, 5) is 37.8. The Morgan fingerprint density at radius 1 is 0.857 bits per heavy atom. The number of nitrogens with one attached hydrogen (secondary N) is 3. The predicted molar refractivity (Wildman–Crippen MR) is 105 cm³/mol. The van der Waals surface area contributed by atoms with Crippen LogP contribution in [-0.4, -0.2) is 22.7 Å². The molecule has 0 aliphatic rings. The number of hydrogen-bond acceptors (Lipinski definition) is 4. The number of hydrogen-bond donors (Lipinski definition) is 4. The molecule has 8 nitrogen and oxygen atoms in total. The minimum atomic E-state index is -0.516. The van der Waals surface area contributed by atoms with Crippen LogP contribution >= 0.6 is 15.9 Å². The van der Waals surface area contributed by atoms with Gasteiger partial charge < -0.3 is 15.5 Å². The van der Waals surface area contributed by atoms with E-state index < -0.39 is 17.7 Å². The van der Waals surface area contributed by atoms with E-state index in [2.05, 4.69) is 31.8 Å². The van der Waals surface area contributed by atoms with E-state index in [0.717, 1.165) is 4.47 Å². The molecule has 28 heavy (non-hydrogen) atoms. The highest BCUT2D eigenvalue weighted by Gasteiger charge is 2.11. The number of aromatic amines is 1. The van der Waals surface area contributed by atoms with Gasteiger partial charge in [0.15, 0.2) is 0 Å². The van der Waals surface area contributed by atoms with Gasteiger partial charge in [0.2, 0.25) is 5.91 Å². The summed E-state index contributed by atoms with van der Waals surface area (Å²) in [6, 6.07) is 14.3. The largest absolute Gasteiger partial charge is 0.457 e. The normalized spacial score (nSPS) is 10.2. The topological polar surface area (TPSA) is 126 Å². The van der Waals surface area contributed by atoms with Crippen LogP contribution in [0.5, 0.6) is 11.5 Å². The van der Waals surface area contributed by atoms with Crippen molar-refractivity contribution in [2.45, 2.75) is 0 Å². The van der Waals surface area contributed by atoms with E-state index in [1.54, 1.807) is 60.8 Å². The molecule has 0 unspecified atom stereocenters. The number of aromatic nitrogens is 1. The van der Waals surface area contributed by atoms with Gasteiger partial charge in [0.05, 0.1) is 0 Å². The maximum Gasteiger partial charge on any atom is 0.286 e. The van der Waals surface area contributed by atoms with Crippen molar-refractivity contribution in [3.63, 3.8) is 0 Å². The van der Waals surface area contributed by atoms with Gasteiger partial charge in [-0.25, -0.2) is 0 Å². The molecular formula is C19H15BrN4O4. The van der Waals surface area contributed by atoms with Crippen LogP contribution in [0.1, 0.15) is 31.2 Å². The molecule has 0 spiro atoms. The Bertz CT molecular complexity index is 1010. The number of carbonyl (C=O) groups is 3. The van der Waals surface area contributed by atoms with Crippen LogP contribution < -0.4 is 21.3 Å². The number of benzene rings is 2. The fourth-order valence-corrected chi connectivity index (χ4v) is 2.59. The highest BCUT2D eigenvalue weighted by atomic mass is 79.9. The zero-order valence-electron chi connectivity index (χ0n) is 14.4. The first kappa shape index (κ1) is 19.2. The lowest BCUT2D eigenvalue weighted by atomic mass is 10.2. The third kappa shape index (κ3) is 4.77. The molecule has 0 bridgehead atoms. The number of ether oxygens (including phenoxy) is 1. The van der Waals surface area contributed by atoms with Crippen molar-refractivity contribution in [1.29, 1.82) is 0 Å². The highest BCUT2D eigenvalue weighted by Crippen LogP contribution is 2.22. The summed E-state index contributed by atoms with van der Waals surface area (Å²) in [7, 11) is 0. The molecule has 0 fully saturated rings. The second-order valence-electron chi connectivity index (χ2n) is 5.65. The van der Waals surface area contributed by atoms with Gasteiger partial charge in [-0.05, 0) is 70.5 Å². The smallest absolute Gasteiger partial charge is 0.286 e. The molecule has 9 heteroatoms. The van der Waals surface area contributed by atoms with Crippen LogP contribution in [0.15, 0.2) is 65.3 Å². The summed E-state index contributed by atoms with van der Waals surface area (Å²) in [5.41, 5.74) is 10.9. The monoisotopic (exact) mass is 442 g/mol. The van der Waals surface area contributed by atoms with Gasteiger partial charge >= 0.3 is 0 Å². The second-order valence-corrected chi connectivity index (χ2v) is 6.57. The maximum atomic E-state index is 12.1. The van der Waals surface area contributed by atoms with Crippen molar-refractivity contribution in [3.05, 3.63) is 82.1 Å². The summed E-state index contributed by atoms with van der Waals surface area (Å²) in [6.45, 7) is 0. The minimum absolute atomic E-state index is 0.304. The van der Waals surface area contributed by atoms with Crippen molar-refractivity contribution in [2.24, 2.45) is 5.73 Å². The number of hydrazine groups is 1. The third-order valence-electron chi connectivity index (χ3n) is 3.67.